The van der Waals surface area contributed by atoms with Gasteiger partial charge in [-0.3, -0.25) is 9.48 Å². The molecule has 2 heterocycles. The van der Waals surface area contributed by atoms with E-state index in [2.05, 4.69) is 27.9 Å². The second-order valence-corrected chi connectivity index (χ2v) is 4.98. The standard InChI is InChI=1S/C15H18N4O/c20-15(5-9-19-8-1-6-17-19)18-14-3-2-12-4-7-16-11-13(12)10-14/h1-3,6,8,10,16H,4-5,7,9,11H2,(H,18,20). The van der Waals surface area contributed by atoms with Gasteiger partial charge >= 0.3 is 0 Å². The predicted octanol–water partition coefficient (Wildman–Crippen LogP) is 1.56. The summed E-state index contributed by atoms with van der Waals surface area (Å²) in [7, 11) is 0. The average molecular weight is 270 g/mol. The molecule has 1 aromatic heterocycles. The van der Waals surface area contributed by atoms with Gasteiger partial charge in [-0.15, -0.1) is 0 Å². The molecule has 20 heavy (non-hydrogen) atoms. The molecule has 0 fully saturated rings. The summed E-state index contributed by atoms with van der Waals surface area (Å²) in [6.07, 6.45) is 5.06. The van der Waals surface area contributed by atoms with Crippen LogP contribution in [-0.4, -0.2) is 22.2 Å². The predicted molar refractivity (Wildman–Crippen MR) is 77.3 cm³/mol. The zero-order valence-corrected chi connectivity index (χ0v) is 11.3. The van der Waals surface area contributed by atoms with E-state index in [0.717, 1.165) is 25.2 Å². The number of aromatic nitrogens is 2. The molecule has 1 aliphatic rings. The topological polar surface area (TPSA) is 59.0 Å². The van der Waals surface area contributed by atoms with Crippen molar-refractivity contribution in [2.75, 3.05) is 11.9 Å². The van der Waals surface area contributed by atoms with E-state index >= 15 is 0 Å². The molecule has 5 nitrogen and oxygen atoms in total. The Hall–Kier alpha value is -2.14. The number of fused-ring (bicyclic) bond motifs is 1. The monoisotopic (exact) mass is 270 g/mol. The summed E-state index contributed by atoms with van der Waals surface area (Å²) >= 11 is 0. The number of anilines is 1. The maximum Gasteiger partial charge on any atom is 0.226 e. The second-order valence-electron chi connectivity index (χ2n) is 4.98. The number of aryl methyl sites for hydroxylation is 1. The van der Waals surface area contributed by atoms with Crippen LogP contribution < -0.4 is 10.6 Å². The van der Waals surface area contributed by atoms with Gasteiger partial charge in [-0.2, -0.15) is 5.10 Å². The van der Waals surface area contributed by atoms with Gasteiger partial charge in [0, 0.05) is 37.6 Å². The maximum atomic E-state index is 11.9. The minimum Gasteiger partial charge on any atom is -0.326 e. The molecular formula is C15H18N4O. The molecule has 0 spiro atoms. The van der Waals surface area contributed by atoms with Gasteiger partial charge in [0.25, 0.3) is 0 Å². The number of nitrogens with one attached hydrogen (secondary N) is 2. The molecule has 0 saturated heterocycles. The van der Waals surface area contributed by atoms with Gasteiger partial charge in [0.15, 0.2) is 0 Å². The van der Waals surface area contributed by atoms with Gasteiger partial charge in [-0.1, -0.05) is 6.07 Å². The van der Waals surface area contributed by atoms with Crippen molar-refractivity contribution in [3.8, 4) is 0 Å². The summed E-state index contributed by atoms with van der Waals surface area (Å²) in [4.78, 5) is 11.9. The lowest BCUT2D eigenvalue weighted by molar-refractivity contribution is -0.116. The molecule has 2 aromatic rings. The highest BCUT2D eigenvalue weighted by molar-refractivity contribution is 5.90. The van der Waals surface area contributed by atoms with Crippen LogP contribution in [0.25, 0.3) is 0 Å². The van der Waals surface area contributed by atoms with Crippen LogP contribution in [0.4, 0.5) is 5.69 Å². The lowest BCUT2D eigenvalue weighted by Gasteiger charge is -2.18. The number of hydrogen-bond acceptors (Lipinski definition) is 3. The molecule has 0 radical (unpaired) electrons. The van der Waals surface area contributed by atoms with Crippen molar-refractivity contribution in [2.45, 2.75) is 25.9 Å². The molecule has 0 unspecified atom stereocenters. The van der Waals surface area contributed by atoms with Crippen molar-refractivity contribution < 1.29 is 4.79 Å². The van der Waals surface area contributed by atoms with E-state index in [1.807, 2.05) is 18.3 Å². The number of rotatable bonds is 4. The number of carbonyl (C=O) groups excluding carboxylic acids is 1. The van der Waals surface area contributed by atoms with Crippen molar-refractivity contribution in [1.29, 1.82) is 0 Å². The van der Waals surface area contributed by atoms with Crippen LogP contribution in [0.3, 0.4) is 0 Å². The van der Waals surface area contributed by atoms with Crippen molar-refractivity contribution >= 4 is 11.6 Å². The fourth-order valence-electron chi connectivity index (χ4n) is 2.43. The van der Waals surface area contributed by atoms with Crippen LogP contribution in [0.5, 0.6) is 0 Å². The molecule has 0 bridgehead atoms. The average Bonchev–Trinajstić information content (AvgIpc) is 2.98. The Balaban J connectivity index is 1.58. The van der Waals surface area contributed by atoms with Crippen molar-refractivity contribution in [3.05, 3.63) is 47.8 Å². The van der Waals surface area contributed by atoms with Gasteiger partial charge < -0.3 is 10.6 Å². The number of benzene rings is 1. The van der Waals surface area contributed by atoms with Crippen LogP contribution in [0, 0.1) is 0 Å². The third kappa shape index (κ3) is 3.05. The molecule has 0 aliphatic carbocycles. The number of nitrogens with zero attached hydrogens (tertiary/aromatic N) is 2. The second kappa shape index (κ2) is 5.88. The van der Waals surface area contributed by atoms with E-state index in [1.54, 1.807) is 10.9 Å². The maximum absolute atomic E-state index is 11.9. The molecule has 2 N–H and O–H groups in total. The normalized spacial score (nSPS) is 13.8. The summed E-state index contributed by atoms with van der Waals surface area (Å²) in [5.41, 5.74) is 3.53. The van der Waals surface area contributed by atoms with Crippen molar-refractivity contribution in [1.82, 2.24) is 15.1 Å². The third-order valence-electron chi connectivity index (χ3n) is 3.50. The first-order chi connectivity index (χ1) is 9.81. The quantitative estimate of drug-likeness (QED) is 0.886. The van der Waals surface area contributed by atoms with Gasteiger partial charge in [-0.25, -0.2) is 0 Å². The van der Waals surface area contributed by atoms with Crippen molar-refractivity contribution in [3.63, 3.8) is 0 Å². The highest BCUT2D eigenvalue weighted by Gasteiger charge is 2.10. The SMILES string of the molecule is O=C(CCn1cccn1)Nc1ccc2c(c1)CNCC2. The molecule has 5 heteroatoms. The zero-order valence-electron chi connectivity index (χ0n) is 11.3. The fraction of sp³-hybridized carbons (Fsp3) is 0.333. The van der Waals surface area contributed by atoms with Gasteiger partial charge in [0.05, 0.1) is 0 Å². The fourth-order valence-corrected chi connectivity index (χ4v) is 2.43. The van der Waals surface area contributed by atoms with Gasteiger partial charge in [-0.05, 0) is 42.3 Å². The largest absolute Gasteiger partial charge is 0.326 e. The molecule has 3 rings (SSSR count). The number of carbonyl (C=O) groups is 1. The number of amides is 1. The first-order valence-corrected chi connectivity index (χ1v) is 6.91. The Kier molecular flexibility index (Phi) is 3.78. The van der Waals surface area contributed by atoms with E-state index in [9.17, 15) is 4.79 Å². The Morgan fingerprint density at radius 2 is 2.35 bits per heavy atom. The summed E-state index contributed by atoms with van der Waals surface area (Å²) in [6, 6.07) is 8.01. The van der Waals surface area contributed by atoms with E-state index < -0.39 is 0 Å². The van der Waals surface area contributed by atoms with E-state index in [4.69, 9.17) is 0 Å². The van der Waals surface area contributed by atoms with Crippen LogP contribution in [0.15, 0.2) is 36.7 Å². The van der Waals surface area contributed by atoms with Crippen LogP contribution in [0.1, 0.15) is 17.5 Å². The van der Waals surface area contributed by atoms with Gasteiger partial charge in [0.1, 0.15) is 0 Å². The first kappa shape index (κ1) is 12.9. The highest BCUT2D eigenvalue weighted by Crippen LogP contribution is 2.19. The lowest BCUT2D eigenvalue weighted by Crippen LogP contribution is -2.23. The van der Waals surface area contributed by atoms with Crippen molar-refractivity contribution in [2.24, 2.45) is 0 Å². The Labute approximate surface area is 118 Å². The molecule has 1 aromatic carbocycles. The molecule has 1 aliphatic heterocycles. The molecule has 0 atom stereocenters. The van der Waals surface area contributed by atoms with Gasteiger partial charge in [0.2, 0.25) is 5.91 Å². The minimum absolute atomic E-state index is 0.0178. The summed E-state index contributed by atoms with van der Waals surface area (Å²) in [5, 5.41) is 10.4. The Bertz CT molecular complexity index is 592. The van der Waals surface area contributed by atoms with E-state index in [1.165, 1.54) is 11.1 Å². The lowest BCUT2D eigenvalue weighted by atomic mass is 10.0. The Morgan fingerprint density at radius 3 is 3.20 bits per heavy atom. The summed E-state index contributed by atoms with van der Waals surface area (Å²) in [6.45, 7) is 2.51. The minimum atomic E-state index is 0.0178. The molecular weight excluding hydrogens is 252 g/mol. The first-order valence-electron chi connectivity index (χ1n) is 6.91. The third-order valence-corrected chi connectivity index (χ3v) is 3.50. The molecule has 104 valence electrons. The van der Waals surface area contributed by atoms with E-state index in [-0.39, 0.29) is 5.91 Å². The summed E-state index contributed by atoms with van der Waals surface area (Å²) in [5.74, 6) is 0.0178. The van der Waals surface area contributed by atoms with Crippen LogP contribution in [0.2, 0.25) is 0 Å². The smallest absolute Gasteiger partial charge is 0.226 e. The van der Waals surface area contributed by atoms with E-state index in [0.29, 0.717) is 13.0 Å². The van der Waals surface area contributed by atoms with Crippen LogP contribution >= 0.6 is 0 Å². The summed E-state index contributed by atoms with van der Waals surface area (Å²) < 4.78 is 1.76. The highest BCUT2D eigenvalue weighted by atomic mass is 16.1. The molecule has 1 amide bonds. The zero-order chi connectivity index (χ0) is 13.8. The molecule has 0 saturated carbocycles. The Morgan fingerprint density at radius 1 is 1.40 bits per heavy atom. The van der Waals surface area contributed by atoms with Crippen LogP contribution in [-0.2, 0) is 24.3 Å². The number of hydrogen-bond donors (Lipinski definition) is 2.